The fourth-order valence-electron chi connectivity index (χ4n) is 3.82. The number of hydrogen-bond donors (Lipinski definition) is 2. The van der Waals surface area contributed by atoms with Crippen LogP contribution in [0.2, 0.25) is 0 Å². The highest BCUT2D eigenvalue weighted by Gasteiger charge is 2.22. The number of piperazine rings is 1. The molecule has 2 N–H and O–H groups in total. The number of anilines is 1. The molecule has 0 aliphatic carbocycles. The van der Waals surface area contributed by atoms with Crippen molar-refractivity contribution < 1.29 is 9.63 Å². The molecule has 0 radical (unpaired) electrons. The predicted molar refractivity (Wildman–Crippen MR) is 112 cm³/mol. The molecule has 1 fully saturated rings. The number of phenols is 1. The molecule has 152 valence electrons. The summed E-state index contributed by atoms with van der Waals surface area (Å²) in [6, 6.07) is 7.52. The summed E-state index contributed by atoms with van der Waals surface area (Å²) < 4.78 is 5.30. The van der Waals surface area contributed by atoms with Crippen molar-refractivity contribution in [2.75, 3.05) is 44.2 Å². The van der Waals surface area contributed by atoms with E-state index in [1.807, 2.05) is 32.0 Å². The molecule has 2 aromatic rings. The lowest BCUT2D eigenvalue weighted by molar-refractivity contribution is 0.369. The number of aryl methyl sites for hydroxylation is 2. The van der Waals surface area contributed by atoms with E-state index in [0.29, 0.717) is 12.3 Å². The number of rotatable bonds is 5. The number of guanidine groups is 1. The van der Waals surface area contributed by atoms with Crippen molar-refractivity contribution in [3.8, 4) is 5.75 Å². The van der Waals surface area contributed by atoms with E-state index in [-0.39, 0.29) is 5.92 Å². The van der Waals surface area contributed by atoms with Crippen molar-refractivity contribution in [1.82, 2.24) is 15.4 Å². The molecule has 7 heteroatoms. The molecule has 1 aliphatic rings. The molecule has 7 nitrogen and oxygen atoms in total. The Bertz CT molecular complexity index is 789. The molecule has 0 spiro atoms. The third-order valence-electron chi connectivity index (χ3n) is 5.23. The Hall–Kier alpha value is -2.70. The first kappa shape index (κ1) is 20.0. The van der Waals surface area contributed by atoms with Gasteiger partial charge in [0.15, 0.2) is 5.96 Å². The zero-order valence-corrected chi connectivity index (χ0v) is 17.3. The molecular weight excluding hydrogens is 354 g/mol. The van der Waals surface area contributed by atoms with Gasteiger partial charge in [0.05, 0.1) is 11.4 Å². The summed E-state index contributed by atoms with van der Waals surface area (Å²) >= 11 is 0. The quantitative estimate of drug-likeness (QED) is 0.609. The van der Waals surface area contributed by atoms with E-state index in [9.17, 15) is 5.11 Å². The summed E-state index contributed by atoms with van der Waals surface area (Å²) in [5, 5.41) is 17.6. The van der Waals surface area contributed by atoms with Gasteiger partial charge >= 0.3 is 0 Å². The van der Waals surface area contributed by atoms with Gasteiger partial charge in [-0.15, -0.1) is 0 Å². The number of benzene rings is 1. The van der Waals surface area contributed by atoms with E-state index in [2.05, 4.69) is 34.1 Å². The molecule has 0 saturated carbocycles. The largest absolute Gasteiger partial charge is 0.506 e. The van der Waals surface area contributed by atoms with Gasteiger partial charge in [-0.1, -0.05) is 24.2 Å². The fraction of sp³-hybridized carbons (Fsp3) is 0.524. The summed E-state index contributed by atoms with van der Waals surface area (Å²) in [4.78, 5) is 9.40. The van der Waals surface area contributed by atoms with Gasteiger partial charge in [0, 0.05) is 50.7 Å². The number of nitrogens with one attached hydrogen (secondary N) is 1. The van der Waals surface area contributed by atoms with E-state index < -0.39 is 0 Å². The molecule has 2 heterocycles. The lowest BCUT2D eigenvalue weighted by Gasteiger charge is -2.38. The minimum atomic E-state index is 0.252. The highest BCUT2D eigenvalue weighted by Crippen LogP contribution is 2.27. The second kappa shape index (κ2) is 8.99. The summed E-state index contributed by atoms with van der Waals surface area (Å²) in [6.45, 7) is 13.1. The van der Waals surface area contributed by atoms with E-state index in [4.69, 9.17) is 9.52 Å². The molecule has 1 unspecified atom stereocenters. The minimum Gasteiger partial charge on any atom is -0.506 e. The van der Waals surface area contributed by atoms with Crippen molar-refractivity contribution in [3.63, 3.8) is 0 Å². The molecule has 1 aromatic carbocycles. The van der Waals surface area contributed by atoms with E-state index in [0.717, 1.165) is 61.4 Å². The molecule has 0 amide bonds. The van der Waals surface area contributed by atoms with Gasteiger partial charge in [-0.2, -0.15) is 0 Å². The first-order valence-electron chi connectivity index (χ1n) is 10.00. The minimum absolute atomic E-state index is 0.252. The molecule has 1 saturated heterocycles. The van der Waals surface area contributed by atoms with E-state index >= 15 is 0 Å². The maximum atomic E-state index is 10.1. The van der Waals surface area contributed by atoms with Crippen LogP contribution in [0.3, 0.4) is 0 Å². The lowest BCUT2D eigenvalue weighted by atomic mass is 10.00. The molecule has 1 aliphatic heterocycles. The van der Waals surface area contributed by atoms with Gasteiger partial charge in [-0.25, -0.2) is 0 Å². The van der Waals surface area contributed by atoms with Crippen LogP contribution in [-0.2, 0) is 0 Å². The molecule has 1 aromatic heterocycles. The van der Waals surface area contributed by atoms with Gasteiger partial charge in [-0.05, 0) is 32.9 Å². The zero-order valence-electron chi connectivity index (χ0n) is 17.3. The standard InChI is InChI=1S/C21H31N5O2/c1-5-22-21(23-14-15(2)20-16(3)24-28-17(20)4)26-12-10-25(11-13-26)18-8-6-7-9-19(18)27/h6-9,15,27H,5,10-14H2,1-4H3,(H,22,23). The van der Waals surface area contributed by atoms with Crippen molar-refractivity contribution in [1.29, 1.82) is 0 Å². The average Bonchev–Trinajstić information content (AvgIpc) is 3.04. The summed E-state index contributed by atoms with van der Waals surface area (Å²) in [5.74, 6) is 2.41. The number of phenolic OH excluding ortho intramolecular Hbond substituents is 1. The van der Waals surface area contributed by atoms with Crippen LogP contribution in [0.4, 0.5) is 5.69 Å². The van der Waals surface area contributed by atoms with E-state index in [1.165, 1.54) is 0 Å². The smallest absolute Gasteiger partial charge is 0.194 e. The molecule has 0 bridgehead atoms. The Kier molecular flexibility index (Phi) is 6.44. The van der Waals surface area contributed by atoms with Crippen molar-refractivity contribution in [3.05, 3.63) is 41.3 Å². The number of aliphatic imine (C=N–C) groups is 1. The first-order valence-corrected chi connectivity index (χ1v) is 10.00. The Morgan fingerprint density at radius 2 is 1.96 bits per heavy atom. The average molecular weight is 386 g/mol. The van der Waals surface area contributed by atoms with Gasteiger partial charge in [-0.3, -0.25) is 4.99 Å². The number of aromatic nitrogens is 1. The van der Waals surface area contributed by atoms with Gasteiger partial charge < -0.3 is 24.7 Å². The Labute approximate surface area is 167 Å². The predicted octanol–water partition coefficient (Wildman–Crippen LogP) is 2.89. The highest BCUT2D eigenvalue weighted by atomic mass is 16.5. The monoisotopic (exact) mass is 385 g/mol. The lowest BCUT2D eigenvalue weighted by Crippen LogP contribution is -2.52. The highest BCUT2D eigenvalue weighted by molar-refractivity contribution is 5.80. The van der Waals surface area contributed by atoms with Crippen LogP contribution in [-0.4, -0.2) is 60.4 Å². The van der Waals surface area contributed by atoms with Crippen LogP contribution >= 0.6 is 0 Å². The summed E-state index contributed by atoms with van der Waals surface area (Å²) in [5.41, 5.74) is 3.00. The maximum Gasteiger partial charge on any atom is 0.194 e. The van der Waals surface area contributed by atoms with Crippen LogP contribution in [0.15, 0.2) is 33.8 Å². The van der Waals surface area contributed by atoms with E-state index in [1.54, 1.807) is 6.07 Å². The van der Waals surface area contributed by atoms with Crippen LogP contribution in [0.5, 0.6) is 5.75 Å². The Balaban J connectivity index is 1.64. The van der Waals surface area contributed by atoms with Crippen LogP contribution in [0.1, 0.15) is 36.8 Å². The van der Waals surface area contributed by atoms with Crippen molar-refractivity contribution in [2.45, 2.75) is 33.6 Å². The third kappa shape index (κ3) is 4.40. The van der Waals surface area contributed by atoms with Gasteiger partial charge in [0.2, 0.25) is 0 Å². The summed E-state index contributed by atoms with van der Waals surface area (Å²) in [7, 11) is 0. The van der Waals surface area contributed by atoms with Crippen LogP contribution < -0.4 is 10.2 Å². The Morgan fingerprint density at radius 1 is 1.25 bits per heavy atom. The molecule has 3 rings (SSSR count). The second-order valence-corrected chi connectivity index (χ2v) is 7.30. The number of hydrogen-bond acceptors (Lipinski definition) is 5. The molecular formula is C21H31N5O2. The molecule has 28 heavy (non-hydrogen) atoms. The first-order chi connectivity index (χ1) is 13.5. The van der Waals surface area contributed by atoms with Crippen LogP contribution in [0.25, 0.3) is 0 Å². The van der Waals surface area contributed by atoms with Gasteiger partial charge in [0.25, 0.3) is 0 Å². The van der Waals surface area contributed by atoms with Crippen molar-refractivity contribution >= 4 is 11.6 Å². The Morgan fingerprint density at radius 3 is 2.57 bits per heavy atom. The SMILES string of the molecule is CCNC(=NCC(C)c1c(C)noc1C)N1CCN(c2ccccc2O)CC1. The number of nitrogens with zero attached hydrogens (tertiary/aromatic N) is 4. The third-order valence-corrected chi connectivity index (χ3v) is 5.23. The van der Waals surface area contributed by atoms with Crippen molar-refractivity contribution in [2.24, 2.45) is 4.99 Å². The normalized spacial score (nSPS) is 16.4. The zero-order chi connectivity index (χ0) is 20.1. The topological polar surface area (TPSA) is 77.1 Å². The number of aromatic hydroxyl groups is 1. The molecule has 1 atom stereocenters. The fourth-order valence-corrected chi connectivity index (χ4v) is 3.82. The number of para-hydroxylation sites is 2. The van der Waals surface area contributed by atoms with Gasteiger partial charge in [0.1, 0.15) is 11.5 Å². The van der Waals surface area contributed by atoms with Crippen LogP contribution in [0, 0.1) is 13.8 Å². The summed E-state index contributed by atoms with van der Waals surface area (Å²) in [6.07, 6.45) is 0. The maximum absolute atomic E-state index is 10.1. The second-order valence-electron chi connectivity index (χ2n) is 7.30.